The fraction of sp³-hybridized carbons (Fsp3) is 0.231. The first-order valence-electron chi connectivity index (χ1n) is 11.4. The van der Waals surface area contributed by atoms with E-state index in [9.17, 15) is 18.5 Å². The number of nitrogens with one attached hydrogen (secondary N) is 1. The monoisotopic (exact) mass is 505 g/mol. The number of nitriles is 1. The Morgan fingerprint density at radius 3 is 2.64 bits per heavy atom. The molecule has 184 valence electrons. The lowest BCUT2D eigenvalue weighted by Crippen LogP contribution is -2.38. The molecule has 1 N–H and O–H groups in total. The van der Waals surface area contributed by atoms with Crippen molar-refractivity contribution >= 4 is 21.6 Å². The van der Waals surface area contributed by atoms with Crippen LogP contribution in [0.15, 0.2) is 65.6 Å². The lowest BCUT2D eigenvalue weighted by molar-refractivity contribution is -0.139. The Morgan fingerprint density at radius 2 is 1.83 bits per heavy atom. The number of fused-ring (bicyclic) bond motifs is 2. The van der Waals surface area contributed by atoms with Crippen molar-refractivity contribution in [3.63, 3.8) is 0 Å². The van der Waals surface area contributed by atoms with Gasteiger partial charge in [-0.1, -0.05) is 25.1 Å². The fourth-order valence-electron chi connectivity index (χ4n) is 4.23. The molecule has 0 radical (unpaired) electrons. The van der Waals surface area contributed by atoms with Crippen LogP contribution in [0.2, 0.25) is 0 Å². The average Bonchev–Trinajstić information content (AvgIpc) is 3.30. The van der Waals surface area contributed by atoms with Crippen molar-refractivity contribution in [1.82, 2.24) is 4.90 Å². The van der Waals surface area contributed by atoms with Crippen LogP contribution in [0.5, 0.6) is 17.2 Å². The molecule has 2 heterocycles. The molecule has 1 atom stereocenters. The Bertz CT molecular complexity index is 1480. The van der Waals surface area contributed by atoms with Gasteiger partial charge in [0.15, 0.2) is 17.6 Å². The van der Waals surface area contributed by atoms with E-state index in [4.69, 9.17) is 14.2 Å². The number of sulfonamides is 1. The third kappa shape index (κ3) is 4.53. The quantitative estimate of drug-likeness (QED) is 0.542. The van der Waals surface area contributed by atoms with Gasteiger partial charge in [-0.3, -0.25) is 9.52 Å². The molecule has 0 bridgehead atoms. The van der Waals surface area contributed by atoms with Crippen LogP contribution in [0.4, 0.5) is 5.69 Å². The largest absolute Gasteiger partial charge is 0.480 e. The van der Waals surface area contributed by atoms with Crippen LogP contribution in [-0.4, -0.2) is 32.1 Å². The zero-order valence-corrected chi connectivity index (χ0v) is 20.2. The highest BCUT2D eigenvalue weighted by atomic mass is 32.2. The molecule has 2 aliphatic heterocycles. The highest BCUT2D eigenvalue weighted by Crippen LogP contribution is 2.34. The molecule has 3 aromatic carbocycles. The van der Waals surface area contributed by atoms with Gasteiger partial charge in [0.1, 0.15) is 16.7 Å². The van der Waals surface area contributed by atoms with Crippen molar-refractivity contribution in [1.29, 1.82) is 5.26 Å². The second-order valence-corrected chi connectivity index (χ2v) is 10.1. The topological polar surface area (TPSA) is 118 Å². The molecule has 0 spiro atoms. The molecule has 2 aliphatic rings. The summed E-state index contributed by atoms with van der Waals surface area (Å²) in [4.78, 5) is 14.8. The Labute approximate surface area is 208 Å². The maximum absolute atomic E-state index is 13.3. The summed E-state index contributed by atoms with van der Waals surface area (Å²) in [6.07, 6.45) is -0.180. The summed E-state index contributed by atoms with van der Waals surface area (Å²) in [6, 6.07) is 18.3. The number of benzene rings is 3. The van der Waals surface area contributed by atoms with Gasteiger partial charge in [-0.2, -0.15) is 5.26 Å². The third-order valence-corrected chi connectivity index (χ3v) is 7.45. The summed E-state index contributed by atoms with van der Waals surface area (Å²) in [7, 11) is -4.01. The minimum absolute atomic E-state index is 0.0504. The maximum atomic E-state index is 13.3. The molecular formula is C26H23N3O6S. The van der Waals surface area contributed by atoms with Crippen molar-refractivity contribution in [3.8, 4) is 23.3 Å². The summed E-state index contributed by atoms with van der Waals surface area (Å²) in [5, 5.41) is 9.30. The summed E-state index contributed by atoms with van der Waals surface area (Å²) in [6.45, 7) is 2.59. The molecule has 1 amide bonds. The number of carbonyl (C=O) groups is 1. The van der Waals surface area contributed by atoms with Crippen molar-refractivity contribution < 1.29 is 27.4 Å². The van der Waals surface area contributed by atoms with Crippen LogP contribution in [0.3, 0.4) is 0 Å². The summed E-state index contributed by atoms with van der Waals surface area (Å²) >= 11 is 0. The summed E-state index contributed by atoms with van der Waals surface area (Å²) < 4.78 is 45.3. The molecule has 3 aromatic rings. The van der Waals surface area contributed by atoms with Crippen molar-refractivity contribution in [3.05, 3.63) is 77.4 Å². The average molecular weight is 506 g/mol. The van der Waals surface area contributed by atoms with Gasteiger partial charge in [-0.05, 0) is 54.4 Å². The number of ether oxygens (including phenoxy) is 3. The van der Waals surface area contributed by atoms with Crippen LogP contribution in [0, 0.1) is 11.3 Å². The zero-order chi connectivity index (χ0) is 25.3. The van der Waals surface area contributed by atoms with Gasteiger partial charge >= 0.3 is 0 Å². The van der Waals surface area contributed by atoms with Crippen LogP contribution in [0.1, 0.15) is 30.0 Å². The van der Waals surface area contributed by atoms with Crippen molar-refractivity contribution in [2.24, 2.45) is 0 Å². The SMILES string of the molecule is CCC1Oc2ccc(NS(=O)(=O)c3ccccc3C#N)cc2CN(Cc2ccc3c(c2)OCO3)C1=O. The van der Waals surface area contributed by atoms with E-state index in [0.29, 0.717) is 41.5 Å². The minimum Gasteiger partial charge on any atom is -0.480 e. The molecule has 10 heteroatoms. The molecular weight excluding hydrogens is 482 g/mol. The van der Waals surface area contributed by atoms with E-state index in [-0.39, 0.29) is 29.7 Å². The van der Waals surface area contributed by atoms with E-state index in [1.807, 2.05) is 31.2 Å². The standard InChI is InChI=1S/C26H23N3O6S/c1-2-21-26(30)29(14-17-7-9-23-24(11-17)34-16-33-23)15-19-12-20(8-10-22(19)35-21)28-36(31,32)25-6-4-3-5-18(25)13-27/h3-12,21,28H,2,14-16H2,1H3. The molecule has 0 fully saturated rings. The van der Waals surface area contributed by atoms with E-state index in [0.717, 1.165) is 5.56 Å². The van der Waals surface area contributed by atoms with Crippen molar-refractivity contribution in [2.75, 3.05) is 11.5 Å². The van der Waals surface area contributed by atoms with Crippen LogP contribution in [0.25, 0.3) is 0 Å². The predicted molar refractivity (Wildman–Crippen MR) is 130 cm³/mol. The van der Waals surface area contributed by atoms with Crippen LogP contribution >= 0.6 is 0 Å². The van der Waals surface area contributed by atoms with Gasteiger partial charge in [0.05, 0.1) is 5.56 Å². The van der Waals surface area contributed by atoms with E-state index in [1.165, 1.54) is 12.1 Å². The first-order valence-corrected chi connectivity index (χ1v) is 12.8. The van der Waals surface area contributed by atoms with Crippen LogP contribution < -0.4 is 18.9 Å². The first-order chi connectivity index (χ1) is 17.4. The first kappa shape index (κ1) is 23.5. The molecule has 0 aliphatic carbocycles. The molecule has 0 aromatic heterocycles. The Morgan fingerprint density at radius 1 is 1.06 bits per heavy atom. The highest BCUT2D eigenvalue weighted by molar-refractivity contribution is 7.92. The van der Waals surface area contributed by atoms with Gasteiger partial charge in [-0.25, -0.2) is 8.42 Å². The van der Waals surface area contributed by atoms with Gasteiger partial charge in [-0.15, -0.1) is 0 Å². The van der Waals surface area contributed by atoms with E-state index in [2.05, 4.69) is 4.72 Å². The molecule has 0 saturated carbocycles. The van der Waals surface area contributed by atoms with Crippen LogP contribution in [-0.2, 0) is 27.9 Å². The lowest BCUT2D eigenvalue weighted by atomic mass is 10.1. The van der Waals surface area contributed by atoms with Gasteiger partial charge < -0.3 is 19.1 Å². The number of hydrogen-bond acceptors (Lipinski definition) is 7. The molecule has 5 rings (SSSR count). The smallest absolute Gasteiger partial charge is 0.264 e. The Balaban J connectivity index is 1.43. The minimum atomic E-state index is -4.01. The maximum Gasteiger partial charge on any atom is 0.264 e. The summed E-state index contributed by atoms with van der Waals surface area (Å²) in [5.74, 6) is 1.66. The second-order valence-electron chi connectivity index (χ2n) is 8.43. The zero-order valence-electron chi connectivity index (χ0n) is 19.4. The van der Waals surface area contributed by atoms with Gasteiger partial charge in [0.2, 0.25) is 6.79 Å². The number of amides is 1. The summed E-state index contributed by atoms with van der Waals surface area (Å²) in [5.41, 5.74) is 1.88. The highest BCUT2D eigenvalue weighted by Gasteiger charge is 2.31. The van der Waals surface area contributed by atoms with E-state index in [1.54, 1.807) is 35.2 Å². The normalized spacial score (nSPS) is 16.5. The molecule has 0 saturated heterocycles. The molecule has 36 heavy (non-hydrogen) atoms. The lowest BCUT2D eigenvalue weighted by Gasteiger charge is -2.23. The molecule has 9 nitrogen and oxygen atoms in total. The number of rotatable bonds is 6. The van der Waals surface area contributed by atoms with Gasteiger partial charge in [0, 0.05) is 24.3 Å². The van der Waals surface area contributed by atoms with Crippen molar-refractivity contribution in [2.45, 2.75) is 37.4 Å². The number of nitrogens with zero attached hydrogens (tertiary/aromatic N) is 2. The van der Waals surface area contributed by atoms with E-state index < -0.39 is 16.1 Å². The Hall–Kier alpha value is -4.23. The third-order valence-electron chi connectivity index (χ3n) is 6.01. The number of carbonyl (C=O) groups excluding carboxylic acids is 1. The molecule has 1 unspecified atom stereocenters. The number of anilines is 1. The van der Waals surface area contributed by atoms with Gasteiger partial charge in [0.25, 0.3) is 15.9 Å². The number of hydrogen-bond donors (Lipinski definition) is 1. The van der Waals surface area contributed by atoms with E-state index >= 15 is 0 Å². The predicted octanol–water partition coefficient (Wildman–Crippen LogP) is 3.79. The Kier molecular flexibility index (Phi) is 6.16. The fourth-order valence-corrected chi connectivity index (χ4v) is 5.44. The second kappa shape index (κ2) is 9.43.